The zero-order chi connectivity index (χ0) is 0. The predicted octanol–water partition coefficient (Wildman–Crippen LogP) is 0.670. The van der Waals surface area contributed by atoms with Crippen LogP contribution in [0.1, 0.15) is 0 Å². The molecule has 0 radical (unpaired) electrons. The summed E-state index contributed by atoms with van der Waals surface area (Å²) < 4.78 is 0. The summed E-state index contributed by atoms with van der Waals surface area (Å²) in [5.74, 6) is 0. The van der Waals surface area contributed by atoms with Gasteiger partial charge in [0.05, 0.1) is 8.41 Å². The topological polar surface area (TPSA) is 0 Å². The zero-order valence-electron chi connectivity index (χ0n) is 1.22. The van der Waals surface area contributed by atoms with Crippen molar-refractivity contribution in [2.75, 3.05) is 0 Å². The molecule has 0 heterocycles. The molecule has 0 spiro atoms. The number of halogens is 3. The molecule has 0 amide bonds. The normalized spacial score (nSPS) is 0. The van der Waals surface area contributed by atoms with Crippen LogP contribution in [0.25, 0.3) is 0 Å². The van der Waals surface area contributed by atoms with Crippen molar-refractivity contribution in [2.24, 2.45) is 0 Å². The van der Waals surface area contributed by atoms with E-state index in [-0.39, 0.29) is 80.3 Å². The van der Waals surface area contributed by atoms with E-state index in [2.05, 4.69) is 0 Å². The second kappa shape index (κ2) is 18.7. The van der Waals surface area contributed by atoms with E-state index in [1.165, 1.54) is 0 Å². The highest BCUT2D eigenvalue weighted by Crippen LogP contribution is 0.888. The van der Waals surface area contributed by atoms with Crippen molar-refractivity contribution in [3.63, 3.8) is 0 Å². The largest absolute Gasteiger partial charge is 0.107 e. The fraction of sp³-hybridized carbons (Fsp3) is 0. The molecule has 0 saturated carbocycles. The highest BCUT2D eigenvalue weighted by atomic mass is 127. The van der Waals surface area contributed by atoms with Crippen LogP contribution in [0.15, 0.2) is 0 Å². The molecule has 0 aromatic rings. The van der Waals surface area contributed by atoms with E-state index in [1.807, 2.05) is 0 Å². The lowest BCUT2D eigenvalue weighted by Gasteiger charge is -0.108. The van der Waals surface area contributed by atoms with E-state index in [0.29, 0.717) is 0 Å². The fourth-order valence-corrected chi connectivity index (χ4v) is 0. The Balaban J connectivity index is 0. The summed E-state index contributed by atoms with van der Waals surface area (Å²) in [4.78, 5) is 0. The number of rotatable bonds is 0. The Bertz CT molecular complexity index is 3.25. The monoisotopic (exact) mass is 398 g/mol. The molecule has 30 valence electrons. The van der Waals surface area contributed by atoms with Crippen molar-refractivity contribution in [3.8, 4) is 0 Å². The Kier molecular flexibility index (Phi) is 159. The molecule has 0 saturated heterocycles. The molecule has 4 heavy (non-hydrogen) atoms. The Morgan fingerprint density at radius 1 is 0.500 bits per heavy atom. The minimum Gasteiger partial charge on any atom is -0.107 e. The third-order valence-corrected chi connectivity index (χ3v) is 0. The van der Waals surface area contributed by atoms with Crippen LogP contribution in [-0.4, -0.2) is 8.41 Å². The van der Waals surface area contributed by atoms with Crippen molar-refractivity contribution >= 4 is 80.3 Å². The second-order valence-corrected chi connectivity index (χ2v) is 0. The van der Waals surface area contributed by atoms with Gasteiger partial charge in [0, 0.05) is 0 Å². The molecule has 0 rings (SSSR count). The van der Waals surface area contributed by atoms with Gasteiger partial charge >= 0.3 is 0 Å². The molecule has 0 unspecified atom stereocenters. The summed E-state index contributed by atoms with van der Waals surface area (Å²) in [6.45, 7) is 0. The van der Waals surface area contributed by atoms with Crippen LogP contribution in [0.5, 0.6) is 0 Å². The van der Waals surface area contributed by atoms with Crippen LogP contribution in [0, 0.1) is 0 Å². The van der Waals surface area contributed by atoms with Crippen molar-refractivity contribution in [3.05, 3.63) is 0 Å². The Morgan fingerprint density at radius 3 is 0.500 bits per heavy atom. The average Bonchev–Trinajstić information content (AvgIpc) is 0. The second-order valence-electron chi connectivity index (χ2n) is 0. The summed E-state index contributed by atoms with van der Waals surface area (Å²) in [5.41, 5.74) is 0. The third kappa shape index (κ3) is 8.87. The van der Waals surface area contributed by atoms with E-state index in [9.17, 15) is 0 Å². The van der Waals surface area contributed by atoms with Gasteiger partial charge in [0.15, 0.2) is 0 Å². The molecule has 0 aliphatic carbocycles. The molecule has 0 aliphatic rings. The molecule has 0 atom stereocenters. The van der Waals surface area contributed by atoms with Gasteiger partial charge in [-0.05, 0) is 0 Å². The minimum absolute atomic E-state index is 0. The van der Waals surface area contributed by atoms with Crippen molar-refractivity contribution < 1.29 is 0 Å². The Hall–Kier alpha value is 2.25. The van der Waals surface area contributed by atoms with Crippen LogP contribution in [0.3, 0.4) is 0 Å². The Labute approximate surface area is 79.1 Å². The lowest BCUT2D eigenvalue weighted by molar-refractivity contribution is 5.75. The SMILES string of the molecule is B.I.I.I. The smallest absolute Gasteiger partial charge is 0.0814 e. The van der Waals surface area contributed by atoms with Crippen LogP contribution < -0.4 is 0 Å². The quantitative estimate of drug-likeness (QED) is 0.416. The lowest BCUT2D eigenvalue weighted by Crippen LogP contribution is -0.381. The van der Waals surface area contributed by atoms with Crippen molar-refractivity contribution in [1.82, 2.24) is 0 Å². The average molecular weight is 398 g/mol. The summed E-state index contributed by atoms with van der Waals surface area (Å²) >= 11 is 0. The maximum Gasteiger partial charge on any atom is 0.0814 e. The summed E-state index contributed by atoms with van der Waals surface area (Å²) in [6, 6.07) is 0. The summed E-state index contributed by atoms with van der Waals surface area (Å²) in [7, 11) is 0. The first-order chi connectivity index (χ1) is 0. The van der Waals surface area contributed by atoms with Gasteiger partial charge in [-0.3, -0.25) is 0 Å². The first-order valence-corrected chi connectivity index (χ1v) is 0. The molecule has 0 nitrogen and oxygen atoms in total. The third-order valence-electron chi connectivity index (χ3n) is 0. The van der Waals surface area contributed by atoms with E-state index in [4.69, 9.17) is 0 Å². The minimum atomic E-state index is 0. The van der Waals surface area contributed by atoms with Crippen molar-refractivity contribution in [2.45, 2.75) is 0 Å². The Morgan fingerprint density at radius 2 is 0.500 bits per heavy atom. The molecule has 0 aromatic heterocycles. The van der Waals surface area contributed by atoms with Gasteiger partial charge in [0.25, 0.3) is 0 Å². The highest BCUT2D eigenvalue weighted by molar-refractivity contribution is 14.0. The van der Waals surface area contributed by atoms with E-state index >= 15 is 0 Å². The molecular formula is H6BI3. The lowest BCUT2D eigenvalue weighted by atomic mass is 10.8. The van der Waals surface area contributed by atoms with E-state index in [0.717, 1.165) is 0 Å². The zero-order valence-corrected chi connectivity index (χ0v) is 8.22. The number of hydrogen-bond acceptors (Lipinski definition) is 0. The first kappa shape index (κ1) is 34.0. The highest BCUT2D eigenvalue weighted by Gasteiger charge is 0.0814. The predicted molar refractivity (Wildman–Crippen MR) is 56.2 cm³/mol. The van der Waals surface area contributed by atoms with Gasteiger partial charge in [-0.15, -0.1) is 71.9 Å². The maximum absolute atomic E-state index is 0. The van der Waals surface area contributed by atoms with Crippen LogP contribution >= 0.6 is 71.9 Å². The van der Waals surface area contributed by atoms with Gasteiger partial charge < -0.3 is 0 Å². The first-order valence-electron chi connectivity index (χ1n) is 0. The molecule has 4 heteroatoms. The molecule has 0 fully saturated rings. The molecule has 0 aromatic carbocycles. The molecular weight excluding hydrogens is 392 g/mol. The van der Waals surface area contributed by atoms with E-state index < -0.39 is 0 Å². The molecule has 0 N–H and O–H groups in total. The van der Waals surface area contributed by atoms with Crippen LogP contribution in [-0.2, 0) is 0 Å². The summed E-state index contributed by atoms with van der Waals surface area (Å²) in [5, 5.41) is 0. The van der Waals surface area contributed by atoms with Crippen molar-refractivity contribution in [1.29, 1.82) is 0 Å². The van der Waals surface area contributed by atoms with Gasteiger partial charge in [-0.1, -0.05) is 0 Å². The number of hydrogen-bond donors (Lipinski definition) is 0. The van der Waals surface area contributed by atoms with Gasteiger partial charge in [-0.25, -0.2) is 0 Å². The fourth-order valence-electron chi connectivity index (χ4n) is 0. The van der Waals surface area contributed by atoms with Gasteiger partial charge in [-0.2, -0.15) is 0 Å². The summed E-state index contributed by atoms with van der Waals surface area (Å²) in [6.07, 6.45) is 0. The van der Waals surface area contributed by atoms with Crippen LogP contribution in [0.4, 0.5) is 0 Å². The van der Waals surface area contributed by atoms with E-state index in [1.54, 1.807) is 0 Å². The molecule has 0 aliphatic heterocycles. The van der Waals surface area contributed by atoms with Gasteiger partial charge in [0.1, 0.15) is 0 Å². The van der Waals surface area contributed by atoms with Crippen LogP contribution in [0.2, 0.25) is 0 Å². The molecule has 0 bridgehead atoms. The van der Waals surface area contributed by atoms with Gasteiger partial charge in [0.2, 0.25) is 0 Å². The standard InChI is InChI=1S/BH3.3HI/h1H3;3*1H. The maximum atomic E-state index is 0.